The van der Waals surface area contributed by atoms with Gasteiger partial charge in [-0.2, -0.15) is 0 Å². The first-order valence-corrected chi connectivity index (χ1v) is 3.28. The van der Waals surface area contributed by atoms with E-state index in [4.69, 9.17) is 5.73 Å². The third-order valence-corrected chi connectivity index (χ3v) is 1.50. The smallest absolute Gasteiger partial charge is 0.328 e. The lowest BCUT2D eigenvalue weighted by atomic mass is 10.1. The van der Waals surface area contributed by atoms with Gasteiger partial charge in [-0.3, -0.25) is 9.59 Å². The fraction of sp³-hybridized carbons (Fsp3) is 0.500. The average molecular weight is 156 g/mol. The number of primary amides is 1. The molecule has 5 heteroatoms. The molecule has 2 N–H and O–H groups in total. The second kappa shape index (κ2) is 2.69. The van der Waals surface area contributed by atoms with Crippen molar-refractivity contribution in [1.82, 2.24) is 4.90 Å². The Labute approximate surface area is 63.1 Å². The molecule has 0 radical (unpaired) electrons. The van der Waals surface area contributed by atoms with Crippen molar-refractivity contribution in [3.05, 3.63) is 0 Å². The van der Waals surface area contributed by atoms with Crippen LogP contribution in [0.3, 0.4) is 0 Å². The van der Waals surface area contributed by atoms with E-state index in [0.29, 0.717) is 11.3 Å². The van der Waals surface area contributed by atoms with Crippen molar-refractivity contribution in [3.8, 4) is 0 Å². The van der Waals surface area contributed by atoms with Gasteiger partial charge in [0.25, 0.3) is 0 Å². The number of rotatable bonds is 0. The number of hydrogen-bond acceptors (Lipinski definition) is 3. The highest BCUT2D eigenvalue weighted by Gasteiger charge is 2.29. The van der Waals surface area contributed by atoms with E-state index in [2.05, 4.69) is 0 Å². The zero-order chi connectivity index (χ0) is 8.43. The number of carbonyl (C=O) groups excluding carboxylic acids is 3. The highest BCUT2D eigenvalue weighted by Crippen LogP contribution is 2.11. The molecule has 1 heterocycles. The number of urea groups is 1. The lowest BCUT2D eigenvalue weighted by Gasteiger charge is -2.20. The van der Waals surface area contributed by atoms with Crippen LogP contribution in [-0.2, 0) is 9.59 Å². The van der Waals surface area contributed by atoms with Crippen LogP contribution < -0.4 is 5.73 Å². The summed E-state index contributed by atoms with van der Waals surface area (Å²) in [6.07, 6.45) is 0.977. The Morgan fingerprint density at radius 1 is 1.27 bits per heavy atom. The van der Waals surface area contributed by atoms with Gasteiger partial charge in [0.05, 0.1) is 0 Å². The van der Waals surface area contributed by atoms with Gasteiger partial charge in [0.1, 0.15) is 0 Å². The molecule has 0 unspecified atom stereocenters. The van der Waals surface area contributed by atoms with Crippen molar-refractivity contribution >= 4 is 17.8 Å². The van der Waals surface area contributed by atoms with Crippen LogP contribution in [0.5, 0.6) is 0 Å². The molecular weight excluding hydrogens is 148 g/mol. The summed E-state index contributed by atoms with van der Waals surface area (Å²) >= 11 is 0. The number of hydrogen-bond donors (Lipinski definition) is 1. The first kappa shape index (κ1) is 7.71. The van der Waals surface area contributed by atoms with E-state index in [1.165, 1.54) is 0 Å². The Bertz CT molecular complexity index is 208. The Morgan fingerprint density at radius 3 is 2.00 bits per heavy atom. The molecule has 0 atom stereocenters. The van der Waals surface area contributed by atoms with Crippen LogP contribution in [0.15, 0.2) is 0 Å². The monoisotopic (exact) mass is 156 g/mol. The van der Waals surface area contributed by atoms with E-state index in [1.54, 1.807) is 0 Å². The number of piperidine rings is 1. The summed E-state index contributed by atoms with van der Waals surface area (Å²) in [6, 6.07) is -0.972. The van der Waals surface area contributed by atoms with Crippen molar-refractivity contribution in [1.29, 1.82) is 0 Å². The summed E-state index contributed by atoms with van der Waals surface area (Å²) in [4.78, 5) is 32.7. The molecule has 1 fully saturated rings. The molecule has 0 bridgehead atoms. The zero-order valence-electron chi connectivity index (χ0n) is 5.87. The normalized spacial score (nSPS) is 18.7. The number of nitrogens with two attached hydrogens (primary N) is 1. The summed E-state index contributed by atoms with van der Waals surface area (Å²) in [7, 11) is 0. The maximum atomic E-state index is 10.9. The van der Waals surface area contributed by atoms with Crippen LogP contribution in [0.2, 0.25) is 0 Å². The van der Waals surface area contributed by atoms with E-state index < -0.39 is 17.8 Å². The molecule has 11 heavy (non-hydrogen) atoms. The quantitative estimate of drug-likeness (QED) is 0.485. The lowest BCUT2D eigenvalue weighted by Crippen LogP contribution is -2.47. The largest absolute Gasteiger partial charge is 0.351 e. The van der Waals surface area contributed by atoms with Crippen LogP contribution >= 0.6 is 0 Å². The molecule has 0 aromatic rings. The van der Waals surface area contributed by atoms with E-state index in [-0.39, 0.29) is 12.8 Å². The molecule has 0 spiro atoms. The number of nitrogens with zero attached hydrogens (tertiary/aromatic N) is 1. The number of carbonyl (C=O) groups is 3. The van der Waals surface area contributed by atoms with Gasteiger partial charge in [-0.05, 0) is 6.42 Å². The van der Waals surface area contributed by atoms with E-state index in [9.17, 15) is 14.4 Å². The maximum Gasteiger partial charge on any atom is 0.328 e. The minimum Gasteiger partial charge on any atom is -0.351 e. The number of likely N-dealkylation sites (tertiary alicyclic amines) is 1. The van der Waals surface area contributed by atoms with Gasteiger partial charge < -0.3 is 5.73 Å². The summed E-state index contributed by atoms with van der Waals surface area (Å²) < 4.78 is 0. The highest BCUT2D eigenvalue weighted by molar-refractivity contribution is 6.11. The number of imide groups is 3. The van der Waals surface area contributed by atoms with E-state index in [0.717, 1.165) is 0 Å². The summed E-state index contributed by atoms with van der Waals surface area (Å²) in [5.74, 6) is -0.984. The van der Waals surface area contributed by atoms with Crippen LogP contribution in [-0.4, -0.2) is 22.7 Å². The fourth-order valence-electron chi connectivity index (χ4n) is 0.999. The summed E-state index contributed by atoms with van der Waals surface area (Å²) in [5.41, 5.74) is 4.79. The van der Waals surface area contributed by atoms with Gasteiger partial charge in [0.2, 0.25) is 11.8 Å². The van der Waals surface area contributed by atoms with Gasteiger partial charge in [0.15, 0.2) is 0 Å². The molecule has 0 aromatic heterocycles. The van der Waals surface area contributed by atoms with Gasteiger partial charge in [0, 0.05) is 12.8 Å². The van der Waals surface area contributed by atoms with Crippen molar-refractivity contribution in [2.24, 2.45) is 5.73 Å². The van der Waals surface area contributed by atoms with Crippen LogP contribution in [0.1, 0.15) is 19.3 Å². The van der Waals surface area contributed by atoms with Gasteiger partial charge in [-0.1, -0.05) is 0 Å². The third kappa shape index (κ3) is 1.36. The molecule has 1 rings (SSSR count). The van der Waals surface area contributed by atoms with Crippen molar-refractivity contribution in [2.75, 3.05) is 0 Å². The minimum absolute atomic E-state index is 0.231. The second-order valence-corrected chi connectivity index (χ2v) is 2.31. The van der Waals surface area contributed by atoms with Crippen molar-refractivity contribution in [3.63, 3.8) is 0 Å². The zero-order valence-corrected chi connectivity index (χ0v) is 5.87. The molecule has 0 aliphatic carbocycles. The second-order valence-electron chi connectivity index (χ2n) is 2.31. The van der Waals surface area contributed by atoms with Gasteiger partial charge >= 0.3 is 6.03 Å². The molecule has 4 amide bonds. The van der Waals surface area contributed by atoms with Crippen LogP contribution in [0.25, 0.3) is 0 Å². The molecule has 0 aromatic carbocycles. The molecule has 60 valence electrons. The van der Waals surface area contributed by atoms with E-state index >= 15 is 0 Å². The predicted molar refractivity (Wildman–Crippen MR) is 35.3 cm³/mol. The topological polar surface area (TPSA) is 80.5 Å². The van der Waals surface area contributed by atoms with Crippen molar-refractivity contribution in [2.45, 2.75) is 19.3 Å². The van der Waals surface area contributed by atoms with Crippen molar-refractivity contribution < 1.29 is 14.4 Å². The highest BCUT2D eigenvalue weighted by atomic mass is 16.2. The summed E-state index contributed by atoms with van der Waals surface area (Å²) in [5, 5.41) is 0. The minimum atomic E-state index is -0.972. The molecule has 0 saturated carbocycles. The van der Waals surface area contributed by atoms with E-state index in [1.807, 2.05) is 0 Å². The molecule has 1 aliphatic heterocycles. The molecule has 1 aliphatic rings. The van der Waals surface area contributed by atoms with Gasteiger partial charge in [-0.25, -0.2) is 9.69 Å². The first-order valence-electron chi connectivity index (χ1n) is 3.28. The first-order chi connectivity index (χ1) is 5.13. The third-order valence-electron chi connectivity index (χ3n) is 1.50. The SMILES string of the molecule is NC(=O)N1C(=O)CCCC1=O. The predicted octanol–water partition coefficient (Wildman–Crippen LogP) is -0.396. The Kier molecular flexibility index (Phi) is 1.89. The van der Waals surface area contributed by atoms with Crippen LogP contribution in [0, 0.1) is 0 Å². The maximum absolute atomic E-state index is 10.9. The van der Waals surface area contributed by atoms with Gasteiger partial charge in [-0.15, -0.1) is 0 Å². The average Bonchev–Trinajstić information content (AvgIpc) is 1.85. The lowest BCUT2D eigenvalue weighted by molar-refractivity contribution is -0.143. The summed E-state index contributed by atoms with van der Waals surface area (Å²) in [6.45, 7) is 0. The molecule has 1 saturated heterocycles. The molecular formula is C6H8N2O3. The Balaban J connectivity index is 2.79. The van der Waals surface area contributed by atoms with Crippen LogP contribution in [0.4, 0.5) is 4.79 Å². The Morgan fingerprint density at radius 2 is 1.73 bits per heavy atom. The number of amides is 4. The standard InChI is InChI=1S/C6H8N2O3/c7-6(11)8-4(9)2-1-3-5(8)10/h1-3H2,(H2,7,11). The molecule has 5 nitrogen and oxygen atoms in total. The Hall–Kier alpha value is -1.39. The fourth-order valence-corrected chi connectivity index (χ4v) is 0.999.